The van der Waals surface area contributed by atoms with Gasteiger partial charge in [-0.2, -0.15) is 5.10 Å². The fourth-order valence-corrected chi connectivity index (χ4v) is 3.11. The third kappa shape index (κ3) is 7.01. The zero-order valence-corrected chi connectivity index (χ0v) is 20.0. The molecule has 3 aromatic rings. The first-order chi connectivity index (χ1) is 14.2. The molecule has 0 unspecified atom stereocenters. The zero-order chi connectivity index (χ0) is 20.5. The number of nitrogens with zero attached hydrogens (tertiary/aromatic N) is 5. The van der Waals surface area contributed by atoms with Gasteiger partial charge < -0.3 is 15.0 Å². The van der Waals surface area contributed by atoms with Gasteiger partial charge in [0.2, 0.25) is 0 Å². The van der Waals surface area contributed by atoms with E-state index in [1.54, 1.807) is 19.7 Å². The molecule has 0 saturated carbocycles. The molecule has 0 fully saturated rings. The molecule has 7 nitrogen and oxygen atoms in total. The van der Waals surface area contributed by atoms with Gasteiger partial charge in [-0.3, -0.25) is 4.99 Å². The van der Waals surface area contributed by atoms with Crippen LogP contribution >= 0.6 is 24.0 Å². The Balaban J connectivity index is 0.00000320. The lowest BCUT2D eigenvalue weighted by atomic mass is 10.1. The Morgan fingerprint density at radius 3 is 2.57 bits per heavy atom. The van der Waals surface area contributed by atoms with E-state index < -0.39 is 0 Å². The monoisotopic (exact) mass is 520 g/mol. The van der Waals surface area contributed by atoms with Gasteiger partial charge in [-0.1, -0.05) is 36.4 Å². The summed E-state index contributed by atoms with van der Waals surface area (Å²) in [7, 11) is 3.84. The number of benzene rings is 2. The average molecular weight is 520 g/mol. The van der Waals surface area contributed by atoms with E-state index in [4.69, 9.17) is 4.74 Å². The number of rotatable bonds is 8. The third-order valence-corrected chi connectivity index (χ3v) is 4.48. The molecule has 0 aliphatic carbocycles. The van der Waals surface area contributed by atoms with Crippen LogP contribution in [0.5, 0.6) is 5.75 Å². The Kier molecular flexibility index (Phi) is 9.59. The molecule has 30 heavy (non-hydrogen) atoms. The maximum atomic E-state index is 5.51. The van der Waals surface area contributed by atoms with E-state index in [-0.39, 0.29) is 24.0 Å². The maximum absolute atomic E-state index is 5.51. The second kappa shape index (κ2) is 12.2. The molecule has 2 aromatic carbocycles. The SMILES string of the molecule is CCOc1ccc(CN(C)C(=NC)NCc2cccc(Cn3cncn3)c2)cc1.I. The topological polar surface area (TPSA) is 67.6 Å². The van der Waals surface area contributed by atoms with Crippen molar-refractivity contribution in [1.82, 2.24) is 25.0 Å². The molecule has 0 spiro atoms. The van der Waals surface area contributed by atoms with Crippen molar-refractivity contribution in [2.75, 3.05) is 20.7 Å². The summed E-state index contributed by atoms with van der Waals surface area (Å²) in [5.74, 6) is 1.74. The van der Waals surface area contributed by atoms with Crippen LogP contribution in [0, 0.1) is 0 Å². The van der Waals surface area contributed by atoms with Crippen LogP contribution in [0.25, 0.3) is 0 Å². The quantitative estimate of drug-likeness (QED) is 0.280. The second-order valence-electron chi connectivity index (χ2n) is 6.75. The fraction of sp³-hybridized carbons (Fsp3) is 0.318. The number of halogens is 1. The molecule has 160 valence electrons. The first-order valence-corrected chi connectivity index (χ1v) is 9.71. The minimum absolute atomic E-state index is 0. The largest absolute Gasteiger partial charge is 0.494 e. The summed E-state index contributed by atoms with van der Waals surface area (Å²) < 4.78 is 7.32. The highest BCUT2D eigenvalue weighted by atomic mass is 127. The van der Waals surface area contributed by atoms with Crippen molar-refractivity contribution in [1.29, 1.82) is 0 Å². The van der Waals surface area contributed by atoms with Gasteiger partial charge in [0.1, 0.15) is 18.4 Å². The van der Waals surface area contributed by atoms with E-state index in [0.717, 1.165) is 18.3 Å². The molecule has 0 aliphatic heterocycles. The summed E-state index contributed by atoms with van der Waals surface area (Å²) in [6.45, 7) is 4.83. The molecule has 0 radical (unpaired) electrons. The van der Waals surface area contributed by atoms with Crippen LogP contribution < -0.4 is 10.1 Å². The zero-order valence-electron chi connectivity index (χ0n) is 17.7. The van der Waals surface area contributed by atoms with Crippen LogP contribution in [-0.4, -0.2) is 46.3 Å². The van der Waals surface area contributed by atoms with Gasteiger partial charge >= 0.3 is 0 Å². The molecule has 1 aromatic heterocycles. The summed E-state index contributed by atoms with van der Waals surface area (Å²) >= 11 is 0. The minimum Gasteiger partial charge on any atom is -0.494 e. The summed E-state index contributed by atoms with van der Waals surface area (Å²) in [6.07, 6.45) is 3.28. The van der Waals surface area contributed by atoms with E-state index in [1.807, 2.05) is 30.8 Å². The Hall–Kier alpha value is -2.62. The second-order valence-corrected chi connectivity index (χ2v) is 6.75. The molecule has 1 heterocycles. The molecule has 1 N–H and O–H groups in total. The van der Waals surface area contributed by atoms with Gasteiger partial charge in [-0.05, 0) is 35.7 Å². The lowest BCUT2D eigenvalue weighted by Crippen LogP contribution is -2.38. The summed E-state index contributed by atoms with van der Waals surface area (Å²) in [5, 5.41) is 7.60. The molecule has 0 aliphatic rings. The highest BCUT2D eigenvalue weighted by molar-refractivity contribution is 14.0. The molecular formula is C22H29IN6O. The fourth-order valence-electron chi connectivity index (χ4n) is 3.11. The van der Waals surface area contributed by atoms with E-state index in [2.05, 4.69) is 61.7 Å². The normalized spacial score (nSPS) is 11.0. The van der Waals surface area contributed by atoms with Crippen molar-refractivity contribution in [2.24, 2.45) is 4.99 Å². The van der Waals surface area contributed by atoms with Crippen LogP contribution in [0.15, 0.2) is 66.2 Å². The molecule has 0 atom stereocenters. The van der Waals surface area contributed by atoms with Crippen molar-refractivity contribution >= 4 is 29.9 Å². The van der Waals surface area contributed by atoms with E-state index in [1.165, 1.54) is 16.7 Å². The molecule has 3 rings (SSSR count). The smallest absolute Gasteiger partial charge is 0.193 e. The van der Waals surface area contributed by atoms with Crippen LogP contribution in [0.1, 0.15) is 23.6 Å². The number of hydrogen-bond donors (Lipinski definition) is 1. The van der Waals surface area contributed by atoms with Gasteiger partial charge in [-0.15, -0.1) is 24.0 Å². The summed E-state index contributed by atoms with van der Waals surface area (Å²) in [5.41, 5.74) is 3.58. The van der Waals surface area contributed by atoms with Crippen LogP contribution in [0.2, 0.25) is 0 Å². The molecule has 0 bridgehead atoms. The van der Waals surface area contributed by atoms with Gasteiger partial charge in [0.25, 0.3) is 0 Å². The van der Waals surface area contributed by atoms with Crippen molar-refractivity contribution < 1.29 is 4.74 Å². The Morgan fingerprint density at radius 1 is 1.13 bits per heavy atom. The Labute approximate surface area is 195 Å². The maximum Gasteiger partial charge on any atom is 0.193 e. The number of hydrogen-bond acceptors (Lipinski definition) is 4. The van der Waals surface area contributed by atoms with Gasteiger partial charge in [0, 0.05) is 27.2 Å². The molecule has 8 heteroatoms. The summed E-state index contributed by atoms with van der Waals surface area (Å²) in [6, 6.07) is 16.6. The lowest BCUT2D eigenvalue weighted by molar-refractivity contribution is 0.340. The third-order valence-electron chi connectivity index (χ3n) is 4.48. The minimum atomic E-state index is 0. The summed E-state index contributed by atoms with van der Waals surface area (Å²) in [4.78, 5) is 10.5. The molecular weight excluding hydrogens is 491 g/mol. The number of guanidine groups is 1. The standard InChI is InChI=1S/C22H28N6O.HI/c1-4-29-21-10-8-18(9-11-21)14-27(3)22(23-2)25-13-19-6-5-7-20(12-19)15-28-17-24-16-26-28;/h5-12,16-17H,4,13-15H2,1-3H3,(H,23,25);1H. The highest BCUT2D eigenvalue weighted by Gasteiger charge is 2.07. The Bertz CT molecular complexity index is 912. The van der Waals surface area contributed by atoms with Gasteiger partial charge in [-0.25, -0.2) is 9.67 Å². The van der Waals surface area contributed by atoms with Gasteiger partial charge in [0.15, 0.2) is 5.96 Å². The molecule has 0 amide bonds. The average Bonchev–Trinajstić information content (AvgIpc) is 3.23. The molecule has 0 saturated heterocycles. The van der Waals surface area contributed by atoms with Crippen LogP contribution in [0.3, 0.4) is 0 Å². The Morgan fingerprint density at radius 2 is 1.90 bits per heavy atom. The van der Waals surface area contributed by atoms with E-state index in [0.29, 0.717) is 19.7 Å². The predicted octanol–water partition coefficient (Wildman–Crippen LogP) is 3.55. The number of nitrogens with one attached hydrogen (secondary N) is 1. The van der Waals surface area contributed by atoms with Crippen LogP contribution in [-0.2, 0) is 19.6 Å². The predicted molar refractivity (Wildman–Crippen MR) is 130 cm³/mol. The van der Waals surface area contributed by atoms with E-state index in [9.17, 15) is 0 Å². The number of ether oxygens (including phenoxy) is 1. The van der Waals surface area contributed by atoms with Crippen molar-refractivity contribution in [2.45, 2.75) is 26.6 Å². The first kappa shape index (κ1) is 23.7. The highest BCUT2D eigenvalue weighted by Crippen LogP contribution is 2.13. The lowest BCUT2D eigenvalue weighted by Gasteiger charge is -2.22. The first-order valence-electron chi connectivity index (χ1n) is 9.71. The van der Waals surface area contributed by atoms with Crippen molar-refractivity contribution in [3.8, 4) is 5.75 Å². The number of aromatic nitrogens is 3. The van der Waals surface area contributed by atoms with Crippen LogP contribution in [0.4, 0.5) is 0 Å². The van der Waals surface area contributed by atoms with E-state index >= 15 is 0 Å². The van der Waals surface area contributed by atoms with Crippen molar-refractivity contribution in [3.63, 3.8) is 0 Å². The number of aliphatic imine (C=N–C) groups is 1. The van der Waals surface area contributed by atoms with Crippen molar-refractivity contribution in [3.05, 3.63) is 77.9 Å². The van der Waals surface area contributed by atoms with Gasteiger partial charge in [0.05, 0.1) is 13.2 Å².